The fraction of sp³-hybridized carbons (Fsp3) is 0.900. The molecule has 0 aromatic rings. The summed E-state index contributed by atoms with van der Waals surface area (Å²) in [4.78, 5) is 12.7. The number of aliphatic hydroxyl groups excluding tert-OH is 1. The van der Waals surface area contributed by atoms with Crippen molar-refractivity contribution in [1.82, 2.24) is 4.90 Å². The van der Waals surface area contributed by atoms with Gasteiger partial charge in [0.15, 0.2) is 0 Å². The molecule has 0 amide bonds. The van der Waals surface area contributed by atoms with Crippen LogP contribution in [-0.2, 0) is 4.79 Å². The zero-order chi connectivity index (χ0) is 9.68. The molecule has 13 heavy (non-hydrogen) atoms. The largest absolute Gasteiger partial charge is 0.392 e. The van der Waals surface area contributed by atoms with Crippen molar-refractivity contribution in [2.45, 2.75) is 32.3 Å². The number of carbonyl (C=O) groups excluding carboxylic acids is 1. The number of hydrogen-bond acceptors (Lipinski definition) is 3. The Morgan fingerprint density at radius 2 is 2.15 bits per heavy atom. The van der Waals surface area contributed by atoms with Crippen molar-refractivity contribution in [1.29, 1.82) is 0 Å². The molecule has 0 radical (unpaired) electrons. The van der Waals surface area contributed by atoms with Gasteiger partial charge in [0.25, 0.3) is 0 Å². The molecule has 1 atom stereocenters. The number of rotatable bonds is 4. The van der Waals surface area contributed by atoms with Gasteiger partial charge in [-0.3, -0.25) is 0 Å². The second kappa shape index (κ2) is 5.35. The van der Waals surface area contributed by atoms with Gasteiger partial charge in [0.1, 0.15) is 6.29 Å². The third kappa shape index (κ3) is 3.44. The van der Waals surface area contributed by atoms with Crippen molar-refractivity contribution in [2.75, 3.05) is 19.6 Å². The fourth-order valence-corrected chi connectivity index (χ4v) is 1.70. The van der Waals surface area contributed by atoms with Gasteiger partial charge >= 0.3 is 0 Å². The Morgan fingerprint density at radius 1 is 1.54 bits per heavy atom. The third-order valence-corrected chi connectivity index (χ3v) is 2.76. The van der Waals surface area contributed by atoms with Crippen molar-refractivity contribution in [2.24, 2.45) is 5.92 Å². The summed E-state index contributed by atoms with van der Waals surface area (Å²) in [7, 11) is 0. The van der Waals surface area contributed by atoms with Crippen LogP contribution in [-0.4, -0.2) is 42.0 Å². The van der Waals surface area contributed by atoms with Gasteiger partial charge < -0.3 is 14.8 Å². The third-order valence-electron chi connectivity index (χ3n) is 2.76. The van der Waals surface area contributed by atoms with E-state index in [4.69, 9.17) is 0 Å². The molecule has 1 aliphatic rings. The quantitative estimate of drug-likeness (QED) is 0.654. The molecule has 1 rings (SSSR count). The predicted octanol–water partition coefficient (Wildman–Crippen LogP) is 0.668. The zero-order valence-corrected chi connectivity index (χ0v) is 8.28. The maximum Gasteiger partial charge on any atom is 0.123 e. The van der Waals surface area contributed by atoms with Crippen LogP contribution in [0.15, 0.2) is 0 Å². The lowest BCUT2D eigenvalue weighted by atomic mass is 9.98. The number of likely N-dealkylation sites (tertiary alicyclic amines) is 1. The summed E-state index contributed by atoms with van der Waals surface area (Å²) >= 11 is 0. The molecule has 1 N–H and O–H groups in total. The summed E-state index contributed by atoms with van der Waals surface area (Å²) in [5, 5.41) is 9.42. The van der Waals surface area contributed by atoms with E-state index in [0.29, 0.717) is 0 Å². The lowest BCUT2D eigenvalue weighted by molar-refractivity contribution is -0.112. The fourth-order valence-electron chi connectivity index (χ4n) is 1.70. The standard InChI is InChI=1S/C10H19NO2/c1-2-10(13)7-11-5-3-9(8-12)4-6-11/h8-10,13H,2-7H2,1H3. The molecule has 1 saturated heterocycles. The van der Waals surface area contributed by atoms with Gasteiger partial charge in [0.2, 0.25) is 0 Å². The van der Waals surface area contributed by atoms with E-state index in [-0.39, 0.29) is 12.0 Å². The molecule has 1 fully saturated rings. The summed E-state index contributed by atoms with van der Waals surface area (Å²) in [5.74, 6) is 0.259. The van der Waals surface area contributed by atoms with Crippen LogP contribution in [0.25, 0.3) is 0 Å². The Bertz CT molecular complexity index is 153. The number of β-amino-alcohol motifs (C(OH)–C–C–N with tert-alkyl or cyclic N) is 1. The summed E-state index contributed by atoms with van der Waals surface area (Å²) in [6.45, 7) is 4.67. The van der Waals surface area contributed by atoms with Gasteiger partial charge in [-0.15, -0.1) is 0 Å². The second-order valence-electron chi connectivity index (χ2n) is 3.84. The van der Waals surface area contributed by atoms with Crippen molar-refractivity contribution >= 4 is 6.29 Å². The molecule has 0 bridgehead atoms. The highest BCUT2D eigenvalue weighted by Crippen LogP contribution is 2.15. The van der Waals surface area contributed by atoms with E-state index in [0.717, 1.165) is 45.2 Å². The lowest BCUT2D eigenvalue weighted by Crippen LogP contribution is -2.38. The zero-order valence-electron chi connectivity index (χ0n) is 8.28. The first-order valence-electron chi connectivity index (χ1n) is 5.12. The number of aliphatic hydroxyl groups is 1. The van der Waals surface area contributed by atoms with Crippen molar-refractivity contribution in [3.8, 4) is 0 Å². The molecule has 0 aromatic carbocycles. The summed E-state index contributed by atoms with van der Waals surface area (Å²) in [5.41, 5.74) is 0. The highest BCUT2D eigenvalue weighted by molar-refractivity contribution is 5.53. The Balaban J connectivity index is 2.20. The normalized spacial score (nSPS) is 22.9. The maximum atomic E-state index is 10.5. The molecule has 1 heterocycles. The van der Waals surface area contributed by atoms with Gasteiger partial charge in [-0.1, -0.05) is 6.92 Å². The van der Waals surface area contributed by atoms with Crippen molar-refractivity contribution in [3.63, 3.8) is 0 Å². The van der Waals surface area contributed by atoms with Gasteiger partial charge in [0.05, 0.1) is 6.10 Å². The number of hydrogen-bond donors (Lipinski definition) is 1. The van der Waals surface area contributed by atoms with Crippen molar-refractivity contribution < 1.29 is 9.90 Å². The summed E-state index contributed by atoms with van der Waals surface area (Å²) in [6.07, 6.45) is 3.59. The molecular weight excluding hydrogens is 166 g/mol. The molecule has 0 aromatic heterocycles. The predicted molar refractivity (Wildman–Crippen MR) is 51.5 cm³/mol. The Kier molecular flexibility index (Phi) is 4.39. The van der Waals surface area contributed by atoms with Crippen LogP contribution in [0, 0.1) is 5.92 Å². The van der Waals surface area contributed by atoms with E-state index >= 15 is 0 Å². The van der Waals surface area contributed by atoms with Crippen LogP contribution in [0.5, 0.6) is 0 Å². The van der Waals surface area contributed by atoms with E-state index in [1.807, 2.05) is 6.92 Å². The summed E-state index contributed by atoms with van der Waals surface area (Å²) < 4.78 is 0. The molecule has 0 saturated carbocycles. The number of nitrogens with zero attached hydrogens (tertiary/aromatic N) is 1. The molecule has 0 aliphatic carbocycles. The van der Waals surface area contributed by atoms with Gasteiger partial charge in [0, 0.05) is 12.5 Å². The van der Waals surface area contributed by atoms with E-state index in [1.165, 1.54) is 0 Å². The smallest absolute Gasteiger partial charge is 0.123 e. The first kappa shape index (κ1) is 10.7. The van der Waals surface area contributed by atoms with Crippen LogP contribution < -0.4 is 0 Å². The van der Waals surface area contributed by atoms with Crippen LogP contribution in [0.1, 0.15) is 26.2 Å². The topological polar surface area (TPSA) is 40.5 Å². The molecule has 76 valence electrons. The van der Waals surface area contributed by atoms with Crippen LogP contribution in [0.2, 0.25) is 0 Å². The highest BCUT2D eigenvalue weighted by atomic mass is 16.3. The molecule has 0 spiro atoms. The minimum absolute atomic E-state index is 0.201. The van der Waals surface area contributed by atoms with Gasteiger partial charge in [-0.25, -0.2) is 0 Å². The van der Waals surface area contributed by atoms with Crippen molar-refractivity contribution in [3.05, 3.63) is 0 Å². The van der Waals surface area contributed by atoms with Crippen LogP contribution in [0.3, 0.4) is 0 Å². The monoisotopic (exact) mass is 185 g/mol. The first-order chi connectivity index (χ1) is 6.26. The minimum atomic E-state index is -0.201. The maximum absolute atomic E-state index is 10.5. The van der Waals surface area contributed by atoms with Gasteiger partial charge in [-0.05, 0) is 32.4 Å². The number of piperidine rings is 1. The summed E-state index contributed by atoms with van der Waals surface area (Å²) in [6, 6.07) is 0. The lowest BCUT2D eigenvalue weighted by Gasteiger charge is -2.30. The van der Waals surface area contributed by atoms with E-state index < -0.39 is 0 Å². The Morgan fingerprint density at radius 3 is 2.62 bits per heavy atom. The molecule has 3 nitrogen and oxygen atoms in total. The SMILES string of the molecule is CCC(O)CN1CCC(C=O)CC1. The Hall–Kier alpha value is -0.410. The Labute approximate surface area is 79.7 Å². The van der Waals surface area contributed by atoms with E-state index in [9.17, 15) is 9.90 Å². The number of carbonyl (C=O) groups is 1. The molecular formula is C10H19NO2. The average Bonchev–Trinajstić information content (AvgIpc) is 2.19. The molecule has 1 unspecified atom stereocenters. The van der Waals surface area contributed by atoms with E-state index in [1.54, 1.807) is 0 Å². The van der Waals surface area contributed by atoms with E-state index in [2.05, 4.69) is 4.90 Å². The average molecular weight is 185 g/mol. The minimum Gasteiger partial charge on any atom is -0.392 e. The van der Waals surface area contributed by atoms with Gasteiger partial charge in [-0.2, -0.15) is 0 Å². The van der Waals surface area contributed by atoms with Crippen LogP contribution >= 0.6 is 0 Å². The van der Waals surface area contributed by atoms with Crippen LogP contribution in [0.4, 0.5) is 0 Å². The number of aldehydes is 1. The second-order valence-corrected chi connectivity index (χ2v) is 3.84. The molecule has 3 heteroatoms. The first-order valence-corrected chi connectivity index (χ1v) is 5.12. The molecule has 1 aliphatic heterocycles. The highest BCUT2D eigenvalue weighted by Gasteiger charge is 2.19.